The van der Waals surface area contributed by atoms with Crippen LogP contribution in [0.2, 0.25) is 5.02 Å². The van der Waals surface area contributed by atoms with Crippen LogP contribution in [-0.4, -0.2) is 24.0 Å². The van der Waals surface area contributed by atoms with Crippen LogP contribution < -0.4 is 0 Å². The molecule has 0 N–H and O–H groups in total. The summed E-state index contributed by atoms with van der Waals surface area (Å²) in [5.74, 6) is 0.873. The number of nitrogens with zero attached hydrogens (tertiary/aromatic N) is 2. The molecule has 1 aromatic heterocycles. The molecule has 0 amide bonds. The second-order valence-electron chi connectivity index (χ2n) is 7.02. The molecule has 0 radical (unpaired) electrons. The average Bonchev–Trinajstić information content (AvgIpc) is 3.23. The van der Waals surface area contributed by atoms with E-state index in [0.29, 0.717) is 11.6 Å². The number of rotatable bonds is 4. The summed E-state index contributed by atoms with van der Waals surface area (Å²) in [7, 11) is 0. The monoisotopic (exact) mass is 364 g/mol. The number of likely N-dealkylation sites (tertiary alicyclic amines) is 1. The zero-order valence-corrected chi connectivity index (χ0v) is 15.6. The van der Waals surface area contributed by atoms with Crippen molar-refractivity contribution in [2.75, 3.05) is 13.1 Å². The van der Waals surface area contributed by atoms with Crippen LogP contribution in [0.25, 0.3) is 22.1 Å². The van der Waals surface area contributed by atoms with Crippen molar-refractivity contribution in [3.63, 3.8) is 0 Å². The van der Waals surface area contributed by atoms with E-state index in [4.69, 9.17) is 21.3 Å². The average molecular weight is 365 g/mol. The smallest absolute Gasteiger partial charge is 0.135 e. The van der Waals surface area contributed by atoms with Gasteiger partial charge in [0.1, 0.15) is 11.3 Å². The molecule has 1 saturated heterocycles. The van der Waals surface area contributed by atoms with Gasteiger partial charge in [0.15, 0.2) is 0 Å². The number of fused-ring (bicyclic) bond motifs is 1. The summed E-state index contributed by atoms with van der Waals surface area (Å²) in [5, 5.41) is 10.6. The summed E-state index contributed by atoms with van der Waals surface area (Å²) in [6, 6.07) is 16.5. The Bertz CT molecular complexity index is 968. The highest BCUT2D eigenvalue weighted by molar-refractivity contribution is 6.36. The van der Waals surface area contributed by atoms with E-state index in [-0.39, 0.29) is 0 Å². The van der Waals surface area contributed by atoms with Crippen molar-refractivity contribution in [3.8, 4) is 17.2 Å². The molecular formula is C22H21ClN2O. The minimum Gasteiger partial charge on any atom is -0.459 e. The first-order chi connectivity index (χ1) is 12.7. The number of hydrogen-bond donors (Lipinski definition) is 0. The highest BCUT2D eigenvalue weighted by Gasteiger charge is 2.21. The van der Waals surface area contributed by atoms with E-state index in [1.165, 1.54) is 19.4 Å². The van der Waals surface area contributed by atoms with Crippen LogP contribution >= 0.6 is 11.6 Å². The van der Waals surface area contributed by atoms with Crippen LogP contribution in [0.15, 0.2) is 46.9 Å². The molecule has 1 fully saturated rings. The molecule has 26 heavy (non-hydrogen) atoms. The summed E-state index contributed by atoms with van der Waals surface area (Å²) in [6.07, 6.45) is 3.40. The van der Waals surface area contributed by atoms with Crippen LogP contribution in [0.1, 0.15) is 31.1 Å². The zero-order chi connectivity index (χ0) is 18.1. The maximum Gasteiger partial charge on any atom is 0.135 e. The Labute approximate surface area is 158 Å². The van der Waals surface area contributed by atoms with Gasteiger partial charge in [0, 0.05) is 24.4 Å². The van der Waals surface area contributed by atoms with E-state index >= 15 is 0 Å². The van der Waals surface area contributed by atoms with Gasteiger partial charge >= 0.3 is 0 Å². The molecule has 0 bridgehead atoms. The lowest BCUT2D eigenvalue weighted by Crippen LogP contribution is -2.28. The van der Waals surface area contributed by atoms with Gasteiger partial charge in [-0.15, -0.1) is 0 Å². The molecule has 0 saturated carbocycles. The Hall–Kier alpha value is -2.28. The quantitative estimate of drug-likeness (QED) is 0.600. The third-order valence-corrected chi connectivity index (χ3v) is 5.77. The molecule has 0 unspecified atom stereocenters. The molecule has 2 aromatic carbocycles. The summed E-state index contributed by atoms with van der Waals surface area (Å²) < 4.78 is 6.02. The first-order valence-electron chi connectivity index (χ1n) is 9.11. The number of nitriles is 1. The Balaban J connectivity index is 1.59. The van der Waals surface area contributed by atoms with Gasteiger partial charge in [-0.25, -0.2) is 0 Å². The van der Waals surface area contributed by atoms with Gasteiger partial charge in [-0.05, 0) is 61.7 Å². The molecule has 0 aliphatic carbocycles. The molecular weight excluding hydrogens is 344 g/mol. The zero-order valence-electron chi connectivity index (χ0n) is 14.8. The van der Waals surface area contributed by atoms with Crippen molar-refractivity contribution in [3.05, 3.63) is 58.8 Å². The number of furan rings is 1. The van der Waals surface area contributed by atoms with Crippen molar-refractivity contribution in [2.24, 2.45) is 0 Å². The maximum absolute atomic E-state index is 8.94. The van der Waals surface area contributed by atoms with Gasteiger partial charge < -0.3 is 9.32 Å². The normalized spacial score (nSPS) is 17.7. The molecule has 4 heteroatoms. The second-order valence-corrected chi connectivity index (χ2v) is 7.39. The van der Waals surface area contributed by atoms with Crippen molar-refractivity contribution >= 4 is 22.6 Å². The van der Waals surface area contributed by atoms with Gasteiger partial charge in [-0.3, -0.25) is 0 Å². The highest BCUT2D eigenvalue weighted by atomic mass is 35.5. The third kappa shape index (κ3) is 3.23. The van der Waals surface area contributed by atoms with Gasteiger partial charge in [0.2, 0.25) is 0 Å². The fraction of sp³-hybridized carbons (Fsp3) is 0.318. The third-order valence-electron chi connectivity index (χ3n) is 5.36. The first-order valence-corrected chi connectivity index (χ1v) is 9.49. The first kappa shape index (κ1) is 17.1. The van der Waals surface area contributed by atoms with Gasteiger partial charge in [0.25, 0.3) is 0 Å². The Morgan fingerprint density at radius 1 is 1.19 bits per heavy atom. The van der Waals surface area contributed by atoms with Crippen LogP contribution in [0.3, 0.4) is 0 Å². The van der Waals surface area contributed by atoms with Crippen LogP contribution in [0.4, 0.5) is 0 Å². The lowest BCUT2D eigenvalue weighted by Gasteiger charge is -2.19. The SMILES string of the molecule is C[C@@H]1CCCN1CCc1oc2ccc(-c3ccc(C#N)cc3)cc2c1Cl. The van der Waals surface area contributed by atoms with E-state index in [9.17, 15) is 0 Å². The minimum atomic E-state index is 0.654. The summed E-state index contributed by atoms with van der Waals surface area (Å²) >= 11 is 6.63. The number of hydrogen-bond acceptors (Lipinski definition) is 3. The predicted molar refractivity (Wildman–Crippen MR) is 105 cm³/mol. The van der Waals surface area contributed by atoms with E-state index < -0.39 is 0 Å². The van der Waals surface area contributed by atoms with E-state index in [1.807, 2.05) is 36.4 Å². The molecule has 1 aliphatic rings. The van der Waals surface area contributed by atoms with Crippen molar-refractivity contribution in [1.29, 1.82) is 5.26 Å². The van der Waals surface area contributed by atoms with Crippen LogP contribution in [0.5, 0.6) is 0 Å². The van der Waals surface area contributed by atoms with Gasteiger partial charge in [-0.2, -0.15) is 5.26 Å². The lowest BCUT2D eigenvalue weighted by molar-refractivity contribution is 0.266. The summed E-state index contributed by atoms with van der Waals surface area (Å²) in [6.45, 7) is 4.45. The van der Waals surface area contributed by atoms with E-state index in [1.54, 1.807) is 0 Å². The Kier molecular flexibility index (Phi) is 4.72. The molecule has 3 aromatic rings. The second kappa shape index (κ2) is 7.15. The predicted octanol–water partition coefficient (Wildman–Crippen LogP) is 5.65. The van der Waals surface area contributed by atoms with Crippen molar-refractivity contribution in [1.82, 2.24) is 4.90 Å². The van der Waals surface area contributed by atoms with Gasteiger partial charge in [0.05, 0.1) is 16.7 Å². The van der Waals surface area contributed by atoms with E-state index in [0.717, 1.165) is 45.8 Å². The Morgan fingerprint density at radius 3 is 2.65 bits per heavy atom. The maximum atomic E-state index is 8.94. The fourth-order valence-electron chi connectivity index (χ4n) is 3.77. The minimum absolute atomic E-state index is 0.654. The lowest BCUT2D eigenvalue weighted by atomic mass is 10.0. The highest BCUT2D eigenvalue weighted by Crippen LogP contribution is 2.34. The standard InChI is InChI=1S/C22H21ClN2O/c1-15-3-2-11-25(15)12-10-21-22(23)19-13-18(8-9-20(19)26-21)17-6-4-16(14-24)5-7-17/h4-9,13,15H,2-3,10-12H2,1H3/t15-/m1/s1. The van der Waals surface area contributed by atoms with Crippen molar-refractivity contribution < 1.29 is 4.42 Å². The van der Waals surface area contributed by atoms with Crippen LogP contribution in [-0.2, 0) is 6.42 Å². The number of halogens is 1. The fourth-order valence-corrected chi connectivity index (χ4v) is 4.05. The van der Waals surface area contributed by atoms with Gasteiger partial charge in [-0.1, -0.05) is 29.8 Å². The number of benzene rings is 2. The van der Waals surface area contributed by atoms with Crippen LogP contribution in [0, 0.1) is 11.3 Å². The molecule has 2 heterocycles. The molecule has 132 valence electrons. The molecule has 1 atom stereocenters. The Morgan fingerprint density at radius 2 is 1.96 bits per heavy atom. The van der Waals surface area contributed by atoms with E-state index in [2.05, 4.69) is 24.0 Å². The molecule has 1 aliphatic heterocycles. The molecule has 4 rings (SSSR count). The molecule has 0 spiro atoms. The summed E-state index contributed by atoms with van der Waals surface area (Å²) in [5.41, 5.74) is 3.63. The largest absolute Gasteiger partial charge is 0.459 e. The van der Waals surface area contributed by atoms with Crippen molar-refractivity contribution in [2.45, 2.75) is 32.2 Å². The topological polar surface area (TPSA) is 40.2 Å². The molecule has 3 nitrogen and oxygen atoms in total. The summed E-state index contributed by atoms with van der Waals surface area (Å²) in [4.78, 5) is 2.51.